The lowest BCUT2D eigenvalue weighted by molar-refractivity contribution is 0.0950. The summed E-state index contributed by atoms with van der Waals surface area (Å²) in [5.41, 5.74) is 6.70. The second kappa shape index (κ2) is 4.42. The topological polar surface area (TPSA) is 94.0 Å². The SMILES string of the molecule is CNC(=O)c1noc(-c2cc(Cl)ccc2N)n1. The Bertz CT molecular complexity index is 567. The Labute approximate surface area is 102 Å². The summed E-state index contributed by atoms with van der Waals surface area (Å²) in [5, 5.41) is 6.42. The lowest BCUT2D eigenvalue weighted by Crippen LogP contribution is -2.19. The molecule has 6 nitrogen and oxygen atoms in total. The number of hydrogen-bond acceptors (Lipinski definition) is 5. The number of rotatable bonds is 2. The number of benzene rings is 1. The van der Waals surface area contributed by atoms with E-state index in [1.54, 1.807) is 18.2 Å². The van der Waals surface area contributed by atoms with Crippen LogP contribution in [0.4, 0.5) is 5.69 Å². The number of amides is 1. The van der Waals surface area contributed by atoms with Crippen LogP contribution in [0.15, 0.2) is 22.7 Å². The molecule has 88 valence electrons. The predicted octanol–water partition coefficient (Wildman–Crippen LogP) is 1.33. The van der Waals surface area contributed by atoms with Gasteiger partial charge in [-0.15, -0.1) is 0 Å². The van der Waals surface area contributed by atoms with Crippen molar-refractivity contribution < 1.29 is 9.32 Å². The molecule has 0 atom stereocenters. The second-order valence-corrected chi connectivity index (χ2v) is 3.67. The molecule has 2 rings (SSSR count). The van der Waals surface area contributed by atoms with Crippen molar-refractivity contribution in [2.75, 3.05) is 12.8 Å². The molecule has 0 aliphatic heterocycles. The van der Waals surface area contributed by atoms with Crippen molar-refractivity contribution in [3.8, 4) is 11.5 Å². The summed E-state index contributed by atoms with van der Waals surface area (Å²) < 4.78 is 4.95. The van der Waals surface area contributed by atoms with Crippen molar-refractivity contribution >= 4 is 23.2 Å². The standard InChI is InChI=1S/C10H9ClN4O2/c1-13-9(16)8-14-10(17-15-8)6-4-5(11)2-3-7(6)12/h2-4H,12H2,1H3,(H,13,16). The number of aromatic nitrogens is 2. The van der Waals surface area contributed by atoms with E-state index in [2.05, 4.69) is 15.5 Å². The zero-order valence-electron chi connectivity index (χ0n) is 8.90. The van der Waals surface area contributed by atoms with Crippen LogP contribution < -0.4 is 11.1 Å². The largest absolute Gasteiger partial charge is 0.398 e. The minimum atomic E-state index is -0.430. The molecule has 7 heteroatoms. The van der Waals surface area contributed by atoms with Crippen molar-refractivity contribution in [2.45, 2.75) is 0 Å². The summed E-state index contributed by atoms with van der Waals surface area (Å²) >= 11 is 5.84. The number of nitrogens with zero attached hydrogens (tertiary/aromatic N) is 2. The quantitative estimate of drug-likeness (QED) is 0.787. The van der Waals surface area contributed by atoms with Gasteiger partial charge in [0.15, 0.2) is 0 Å². The zero-order valence-corrected chi connectivity index (χ0v) is 9.65. The van der Waals surface area contributed by atoms with Crippen molar-refractivity contribution in [1.82, 2.24) is 15.5 Å². The highest BCUT2D eigenvalue weighted by Crippen LogP contribution is 2.27. The van der Waals surface area contributed by atoms with E-state index in [9.17, 15) is 4.79 Å². The van der Waals surface area contributed by atoms with E-state index in [4.69, 9.17) is 21.9 Å². The predicted molar refractivity (Wildman–Crippen MR) is 62.5 cm³/mol. The van der Waals surface area contributed by atoms with Gasteiger partial charge in [0.05, 0.1) is 5.56 Å². The molecule has 17 heavy (non-hydrogen) atoms. The van der Waals surface area contributed by atoms with Crippen LogP contribution in [-0.2, 0) is 0 Å². The van der Waals surface area contributed by atoms with E-state index in [1.807, 2.05) is 0 Å². The summed E-state index contributed by atoms with van der Waals surface area (Å²) in [6, 6.07) is 4.87. The average molecular weight is 253 g/mol. The van der Waals surface area contributed by atoms with Gasteiger partial charge in [0, 0.05) is 17.8 Å². The van der Waals surface area contributed by atoms with Gasteiger partial charge in [-0.3, -0.25) is 4.79 Å². The van der Waals surface area contributed by atoms with Crippen molar-refractivity contribution in [3.63, 3.8) is 0 Å². The molecule has 1 heterocycles. The maximum atomic E-state index is 11.3. The van der Waals surface area contributed by atoms with Crippen LogP contribution in [0.1, 0.15) is 10.6 Å². The first-order chi connectivity index (χ1) is 8.11. The number of nitrogen functional groups attached to an aromatic ring is 1. The molecule has 0 fully saturated rings. The number of nitrogens with one attached hydrogen (secondary N) is 1. The smallest absolute Gasteiger partial charge is 0.292 e. The number of anilines is 1. The van der Waals surface area contributed by atoms with Gasteiger partial charge in [0.1, 0.15) is 0 Å². The van der Waals surface area contributed by atoms with Gasteiger partial charge in [-0.05, 0) is 18.2 Å². The first kappa shape index (κ1) is 11.4. The minimum absolute atomic E-state index is 0.0538. The summed E-state index contributed by atoms with van der Waals surface area (Å²) in [6.07, 6.45) is 0. The summed E-state index contributed by atoms with van der Waals surface area (Å²) in [4.78, 5) is 15.2. The molecule has 0 unspecified atom stereocenters. The van der Waals surface area contributed by atoms with E-state index in [-0.39, 0.29) is 11.7 Å². The maximum absolute atomic E-state index is 11.3. The lowest BCUT2D eigenvalue weighted by Gasteiger charge is -2.00. The number of halogens is 1. The number of carbonyl (C=O) groups is 1. The molecule has 0 spiro atoms. The van der Waals surface area contributed by atoms with E-state index >= 15 is 0 Å². The third-order valence-corrected chi connectivity index (χ3v) is 2.34. The van der Waals surface area contributed by atoms with Crippen LogP contribution in [0.5, 0.6) is 0 Å². The monoisotopic (exact) mass is 252 g/mol. The molecule has 0 bridgehead atoms. The van der Waals surface area contributed by atoms with Gasteiger partial charge < -0.3 is 15.6 Å². The maximum Gasteiger partial charge on any atom is 0.292 e. The highest BCUT2D eigenvalue weighted by Gasteiger charge is 2.16. The Kier molecular flexibility index (Phi) is 2.97. The Balaban J connectivity index is 2.43. The third-order valence-electron chi connectivity index (χ3n) is 2.10. The van der Waals surface area contributed by atoms with Gasteiger partial charge in [-0.1, -0.05) is 16.8 Å². The van der Waals surface area contributed by atoms with Crippen molar-refractivity contribution in [1.29, 1.82) is 0 Å². The fraction of sp³-hybridized carbons (Fsp3) is 0.100. The molecule has 3 N–H and O–H groups in total. The Morgan fingerprint density at radius 1 is 1.53 bits per heavy atom. The Morgan fingerprint density at radius 2 is 2.29 bits per heavy atom. The van der Waals surface area contributed by atoms with Crippen LogP contribution in [0.2, 0.25) is 5.02 Å². The fourth-order valence-electron chi connectivity index (χ4n) is 1.25. The number of carbonyl (C=O) groups excluding carboxylic acids is 1. The molecule has 0 aliphatic carbocycles. The number of hydrogen-bond donors (Lipinski definition) is 2. The fourth-order valence-corrected chi connectivity index (χ4v) is 1.42. The third kappa shape index (κ3) is 2.21. The molecule has 0 aliphatic rings. The molecule has 0 saturated heterocycles. The lowest BCUT2D eigenvalue weighted by atomic mass is 10.2. The molecule has 1 aromatic carbocycles. The van der Waals surface area contributed by atoms with Crippen molar-refractivity contribution in [2.24, 2.45) is 0 Å². The average Bonchev–Trinajstić information content (AvgIpc) is 2.80. The van der Waals surface area contributed by atoms with Gasteiger partial charge in [-0.25, -0.2) is 0 Å². The molecular weight excluding hydrogens is 244 g/mol. The number of nitrogens with two attached hydrogens (primary N) is 1. The van der Waals surface area contributed by atoms with E-state index in [0.717, 1.165) is 0 Å². The van der Waals surface area contributed by atoms with Crippen molar-refractivity contribution in [3.05, 3.63) is 29.0 Å². The molecule has 0 saturated carbocycles. The molecule has 1 aromatic heterocycles. The van der Waals surface area contributed by atoms with Gasteiger partial charge >= 0.3 is 0 Å². The first-order valence-electron chi connectivity index (χ1n) is 4.73. The molecule has 2 aromatic rings. The summed E-state index contributed by atoms with van der Waals surface area (Å²) in [6.45, 7) is 0. The Hall–Kier alpha value is -2.08. The molecule has 1 amide bonds. The van der Waals surface area contributed by atoms with Crippen LogP contribution in [-0.4, -0.2) is 23.1 Å². The normalized spacial score (nSPS) is 10.2. The minimum Gasteiger partial charge on any atom is -0.398 e. The zero-order chi connectivity index (χ0) is 12.4. The van der Waals surface area contributed by atoms with E-state index in [1.165, 1.54) is 7.05 Å². The van der Waals surface area contributed by atoms with Gasteiger partial charge in [0.2, 0.25) is 0 Å². The van der Waals surface area contributed by atoms with Crippen LogP contribution in [0, 0.1) is 0 Å². The molecule has 0 radical (unpaired) electrons. The van der Waals surface area contributed by atoms with Gasteiger partial charge in [0.25, 0.3) is 17.6 Å². The van der Waals surface area contributed by atoms with Crippen LogP contribution >= 0.6 is 11.6 Å². The summed E-state index contributed by atoms with van der Waals surface area (Å²) in [5.74, 6) is -0.328. The first-order valence-corrected chi connectivity index (χ1v) is 5.11. The van der Waals surface area contributed by atoms with E-state index in [0.29, 0.717) is 16.3 Å². The highest BCUT2D eigenvalue weighted by atomic mass is 35.5. The highest BCUT2D eigenvalue weighted by molar-refractivity contribution is 6.31. The van der Waals surface area contributed by atoms with Crippen LogP contribution in [0.3, 0.4) is 0 Å². The second-order valence-electron chi connectivity index (χ2n) is 3.23. The van der Waals surface area contributed by atoms with Gasteiger partial charge in [-0.2, -0.15) is 4.98 Å². The summed E-state index contributed by atoms with van der Waals surface area (Å²) in [7, 11) is 1.48. The van der Waals surface area contributed by atoms with Crippen LogP contribution in [0.25, 0.3) is 11.5 Å². The Morgan fingerprint density at radius 3 is 3.00 bits per heavy atom. The van der Waals surface area contributed by atoms with E-state index < -0.39 is 5.91 Å². The molecular formula is C10H9ClN4O2.